The van der Waals surface area contributed by atoms with Crippen LogP contribution in [0.4, 0.5) is 4.79 Å². The van der Waals surface area contributed by atoms with Crippen LogP contribution in [-0.4, -0.2) is 29.8 Å². The van der Waals surface area contributed by atoms with E-state index in [1.807, 2.05) is 12.1 Å². The number of hydrogen-bond acceptors (Lipinski definition) is 2. The molecule has 0 radical (unpaired) electrons. The van der Waals surface area contributed by atoms with E-state index in [-0.39, 0.29) is 6.04 Å². The molecule has 4 nitrogen and oxygen atoms in total. The lowest BCUT2D eigenvalue weighted by Gasteiger charge is -2.45. The maximum Gasteiger partial charge on any atom is 0.407 e. The molecule has 1 amide bonds. The van der Waals surface area contributed by atoms with Gasteiger partial charge in [-0.3, -0.25) is 0 Å². The molecular weight excluding hydrogens is 218 g/mol. The second-order valence-corrected chi connectivity index (χ2v) is 4.72. The first-order valence-corrected chi connectivity index (χ1v) is 5.88. The van der Waals surface area contributed by atoms with Crippen LogP contribution in [0.3, 0.4) is 0 Å². The van der Waals surface area contributed by atoms with Gasteiger partial charge in [0, 0.05) is 12.5 Å². The fourth-order valence-electron chi connectivity index (χ4n) is 3.10. The van der Waals surface area contributed by atoms with Crippen LogP contribution in [0.1, 0.15) is 35.9 Å². The zero-order chi connectivity index (χ0) is 12.0. The van der Waals surface area contributed by atoms with E-state index in [1.165, 1.54) is 5.56 Å². The molecule has 4 rings (SSSR count). The number of benzene rings is 1. The second-order valence-electron chi connectivity index (χ2n) is 4.72. The monoisotopic (exact) mass is 233 g/mol. The highest BCUT2D eigenvalue weighted by molar-refractivity contribution is 5.67. The van der Waals surface area contributed by atoms with Gasteiger partial charge in [-0.1, -0.05) is 6.07 Å². The summed E-state index contributed by atoms with van der Waals surface area (Å²) in [6, 6.07) is 6.05. The van der Waals surface area contributed by atoms with Crippen molar-refractivity contribution < 1.29 is 14.6 Å². The van der Waals surface area contributed by atoms with Crippen molar-refractivity contribution >= 4 is 6.09 Å². The van der Waals surface area contributed by atoms with Crippen molar-refractivity contribution in [2.45, 2.75) is 24.8 Å². The molecule has 1 saturated heterocycles. The van der Waals surface area contributed by atoms with Gasteiger partial charge >= 0.3 is 6.09 Å². The first-order valence-electron chi connectivity index (χ1n) is 5.88. The summed E-state index contributed by atoms with van der Waals surface area (Å²) in [6.07, 6.45) is 1.21. The molecule has 2 aliphatic heterocycles. The third kappa shape index (κ3) is 1.47. The van der Waals surface area contributed by atoms with Gasteiger partial charge in [0.25, 0.3) is 0 Å². The zero-order valence-electron chi connectivity index (χ0n) is 9.72. The number of amides is 1. The predicted octanol–water partition coefficient (Wildman–Crippen LogP) is 2.61. The van der Waals surface area contributed by atoms with Gasteiger partial charge < -0.3 is 14.7 Å². The van der Waals surface area contributed by atoms with Crippen LogP contribution >= 0.6 is 0 Å². The van der Waals surface area contributed by atoms with Gasteiger partial charge in [-0.25, -0.2) is 4.79 Å². The van der Waals surface area contributed by atoms with Crippen molar-refractivity contribution in [3.63, 3.8) is 0 Å². The molecule has 2 heterocycles. The number of rotatable bonds is 1. The molecule has 1 aliphatic carbocycles. The third-order valence-electron chi connectivity index (χ3n) is 3.92. The zero-order valence-corrected chi connectivity index (χ0v) is 9.72. The molecular formula is C13H15NO3. The summed E-state index contributed by atoms with van der Waals surface area (Å²) in [6.45, 7) is 0.638. The van der Waals surface area contributed by atoms with Gasteiger partial charge in [0.2, 0.25) is 0 Å². The molecule has 90 valence electrons. The fourth-order valence-corrected chi connectivity index (χ4v) is 3.10. The van der Waals surface area contributed by atoms with Crippen molar-refractivity contribution in [2.24, 2.45) is 0 Å². The Kier molecular flexibility index (Phi) is 2.24. The topological polar surface area (TPSA) is 49.8 Å². The number of carboxylic acid groups (broad SMARTS) is 1. The summed E-state index contributed by atoms with van der Waals surface area (Å²) < 4.78 is 5.22. The molecule has 1 aromatic carbocycles. The largest absolute Gasteiger partial charge is 0.497 e. The van der Waals surface area contributed by atoms with E-state index in [9.17, 15) is 9.90 Å². The summed E-state index contributed by atoms with van der Waals surface area (Å²) in [5.74, 6) is 1.17. The van der Waals surface area contributed by atoms with E-state index in [1.54, 1.807) is 12.0 Å². The number of nitrogens with zero attached hydrogens (tertiary/aromatic N) is 1. The highest BCUT2D eigenvalue weighted by Gasteiger charge is 2.40. The Labute approximate surface area is 99.8 Å². The molecule has 4 heteroatoms. The van der Waals surface area contributed by atoms with Crippen molar-refractivity contribution in [3.8, 4) is 5.75 Å². The van der Waals surface area contributed by atoms with Crippen LogP contribution in [0.25, 0.3) is 0 Å². The first kappa shape index (κ1) is 10.4. The third-order valence-corrected chi connectivity index (χ3v) is 3.92. The standard InChI is InChI=1S/C13H15NO3/c1-17-9-3-4-10-8-2-5-12(11(10)6-9)14(7-8)13(15)16/h3-4,6,8,12H,2,5,7H2,1H3,(H,15,16). The average molecular weight is 233 g/mol. The van der Waals surface area contributed by atoms with Crippen molar-refractivity contribution in [1.82, 2.24) is 4.90 Å². The Morgan fingerprint density at radius 2 is 2.24 bits per heavy atom. The van der Waals surface area contributed by atoms with Gasteiger partial charge in [-0.2, -0.15) is 0 Å². The van der Waals surface area contributed by atoms with Crippen molar-refractivity contribution in [3.05, 3.63) is 29.3 Å². The molecule has 0 spiro atoms. The molecule has 1 fully saturated rings. The van der Waals surface area contributed by atoms with Crippen LogP contribution in [-0.2, 0) is 0 Å². The molecule has 2 unspecified atom stereocenters. The van der Waals surface area contributed by atoms with E-state index in [2.05, 4.69) is 6.07 Å². The lowest BCUT2D eigenvalue weighted by Crippen LogP contribution is -2.45. The Hall–Kier alpha value is -1.71. The van der Waals surface area contributed by atoms with Gasteiger partial charge in [-0.05, 0) is 36.1 Å². The average Bonchev–Trinajstić information content (AvgIpc) is 2.38. The molecule has 2 bridgehead atoms. The minimum atomic E-state index is -0.812. The molecule has 0 saturated carbocycles. The minimum absolute atomic E-state index is 0.0163. The SMILES string of the molecule is COc1ccc2c(c1)C1CCC2CN1C(=O)O. The smallest absolute Gasteiger partial charge is 0.407 e. The Morgan fingerprint density at radius 3 is 2.94 bits per heavy atom. The summed E-state index contributed by atoms with van der Waals surface area (Å²) >= 11 is 0. The van der Waals surface area contributed by atoms with E-state index >= 15 is 0 Å². The quantitative estimate of drug-likeness (QED) is 0.811. The lowest BCUT2D eigenvalue weighted by molar-refractivity contribution is 0.0892. The Bertz CT molecular complexity index is 472. The van der Waals surface area contributed by atoms with Crippen LogP contribution in [0.2, 0.25) is 0 Å². The highest BCUT2D eigenvalue weighted by Crippen LogP contribution is 2.47. The maximum atomic E-state index is 11.2. The van der Waals surface area contributed by atoms with Gasteiger partial charge in [0.15, 0.2) is 0 Å². The Morgan fingerprint density at radius 1 is 1.41 bits per heavy atom. The van der Waals surface area contributed by atoms with Crippen molar-refractivity contribution in [1.29, 1.82) is 0 Å². The van der Waals surface area contributed by atoms with E-state index in [4.69, 9.17) is 4.74 Å². The second kappa shape index (κ2) is 3.65. The van der Waals surface area contributed by atoms with Crippen LogP contribution in [0, 0.1) is 0 Å². The summed E-state index contributed by atoms with van der Waals surface area (Å²) in [5.41, 5.74) is 2.44. The number of hydrogen-bond donors (Lipinski definition) is 1. The van der Waals surface area contributed by atoms with Crippen LogP contribution in [0.15, 0.2) is 18.2 Å². The lowest BCUT2D eigenvalue weighted by atomic mass is 9.75. The molecule has 1 aromatic rings. The number of methoxy groups -OCH3 is 1. The minimum Gasteiger partial charge on any atom is -0.497 e. The molecule has 0 aromatic heterocycles. The maximum absolute atomic E-state index is 11.2. The van der Waals surface area contributed by atoms with E-state index < -0.39 is 6.09 Å². The summed E-state index contributed by atoms with van der Waals surface area (Å²) in [4.78, 5) is 12.8. The number of carbonyl (C=O) groups is 1. The van der Waals surface area contributed by atoms with E-state index in [0.29, 0.717) is 12.5 Å². The summed E-state index contributed by atoms with van der Waals surface area (Å²) in [7, 11) is 1.64. The molecule has 2 atom stereocenters. The number of piperidine rings is 1. The normalized spacial score (nSPS) is 25.6. The van der Waals surface area contributed by atoms with Gasteiger partial charge in [-0.15, -0.1) is 0 Å². The van der Waals surface area contributed by atoms with Crippen molar-refractivity contribution in [2.75, 3.05) is 13.7 Å². The van der Waals surface area contributed by atoms with Gasteiger partial charge in [0.1, 0.15) is 5.75 Å². The van der Waals surface area contributed by atoms with Crippen LogP contribution < -0.4 is 4.74 Å². The fraction of sp³-hybridized carbons (Fsp3) is 0.462. The predicted molar refractivity (Wildman–Crippen MR) is 62.4 cm³/mol. The Balaban J connectivity index is 2.07. The summed E-state index contributed by atoms with van der Waals surface area (Å²) in [5, 5.41) is 9.21. The molecule has 1 N–H and O–H groups in total. The number of ether oxygens (including phenoxy) is 1. The molecule has 3 aliphatic rings. The van der Waals surface area contributed by atoms with E-state index in [0.717, 1.165) is 24.2 Å². The molecule has 17 heavy (non-hydrogen) atoms. The highest BCUT2D eigenvalue weighted by atomic mass is 16.5. The van der Waals surface area contributed by atoms with Gasteiger partial charge in [0.05, 0.1) is 13.2 Å². The number of fused-ring (bicyclic) bond motifs is 2. The first-order chi connectivity index (χ1) is 8.20. The van der Waals surface area contributed by atoms with Crippen LogP contribution in [0.5, 0.6) is 5.75 Å².